The van der Waals surface area contributed by atoms with Gasteiger partial charge in [-0.05, 0) is 16.0 Å². The van der Waals surface area contributed by atoms with Gasteiger partial charge in [-0.1, -0.05) is 30.3 Å². The van der Waals surface area contributed by atoms with Gasteiger partial charge in [-0.25, -0.2) is 4.68 Å². The van der Waals surface area contributed by atoms with E-state index >= 15 is 0 Å². The van der Waals surface area contributed by atoms with E-state index in [1.807, 2.05) is 30.3 Å². The van der Waals surface area contributed by atoms with Crippen molar-refractivity contribution in [2.75, 3.05) is 19.7 Å². The number of morpholine rings is 1. The van der Waals surface area contributed by atoms with Gasteiger partial charge in [-0.15, -0.1) is 5.10 Å². The second-order valence-corrected chi connectivity index (χ2v) is 4.62. The number of hydrogen-bond donors (Lipinski definition) is 0. The number of rotatable bonds is 3. The topological polar surface area (TPSA) is 73.1 Å². The lowest BCUT2D eigenvalue weighted by Crippen LogP contribution is -2.43. The highest BCUT2D eigenvalue weighted by Crippen LogP contribution is 2.21. The summed E-state index contributed by atoms with van der Waals surface area (Å²) in [6.07, 6.45) is 1.37. The van der Waals surface area contributed by atoms with E-state index in [0.29, 0.717) is 19.7 Å². The Morgan fingerprint density at radius 1 is 1.35 bits per heavy atom. The minimum absolute atomic E-state index is 0.00142. The Morgan fingerprint density at radius 2 is 2.20 bits per heavy atom. The summed E-state index contributed by atoms with van der Waals surface area (Å²) in [5.74, 6) is 0.00142. The van der Waals surface area contributed by atoms with Crippen molar-refractivity contribution in [3.8, 4) is 0 Å². The maximum atomic E-state index is 12.2. The summed E-state index contributed by atoms with van der Waals surface area (Å²) in [6.45, 7) is 1.87. The Kier molecular flexibility index (Phi) is 3.69. The first-order valence-electron chi connectivity index (χ1n) is 6.48. The molecule has 1 aromatic heterocycles. The molecule has 0 bridgehead atoms. The molecule has 2 heterocycles. The van der Waals surface area contributed by atoms with Crippen LogP contribution < -0.4 is 0 Å². The highest BCUT2D eigenvalue weighted by Gasteiger charge is 2.25. The van der Waals surface area contributed by atoms with E-state index in [1.165, 1.54) is 11.0 Å². The highest BCUT2D eigenvalue weighted by molar-refractivity contribution is 5.76. The van der Waals surface area contributed by atoms with Gasteiger partial charge in [-0.2, -0.15) is 0 Å². The van der Waals surface area contributed by atoms with Gasteiger partial charge in [-0.3, -0.25) is 4.79 Å². The molecule has 0 N–H and O–H groups in total. The van der Waals surface area contributed by atoms with E-state index in [0.717, 1.165) is 5.56 Å². The molecule has 1 aromatic carbocycles. The van der Waals surface area contributed by atoms with Crippen LogP contribution in [-0.2, 0) is 16.1 Å². The van der Waals surface area contributed by atoms with E-state index in [4.69, 9.17) is 4.74 Å². The fourth-order valence-corrected chi connectivity index (χ4v) is 2.24. The van der Waals surface area contributed by atoms with Crippen LogP contribution in [0.4, 0.5) is 0 Å². The quantitative estimate of drug-likeness (QED) is 0.802. The van der Waals surface area contributed by atoms with Crippen molar-refractivity contribution in [1.82, 2.24) is 25.1 Å². The van der Waals surface area contributed by atoms with Gasteiger partial charge in [0, 0.05) is 6.54 Å². The SMILES string of the molecule is O=C(Cn1cnnn1)N1CCOC(c2ccccc2)C1. The zero-order chi connectivity index (χ0) is 13.8. The standard InChI is InChI=1S/C13H15N5O2/c19-13(9-18-10-14-15-16-18)17-6-7-20-12(8-17)11-4-2-1-3-5-11/h1-5,10,12H,6-9H2. The van der Waals surface area contributed by atoms with Crippen LogP contribution in [0.2, 0.25) is 0 Å². The molecule has 2 aromatic rings. The predicted molar refractivity (Wildman–Crippen MR) is 69.5 cm³/mol. The largest absolute Gasteiger partial charge is 0.370 e. The molecule has 0 saturated carbocycles. The monoisotopic (exact) mass is 273 g/mol. The van der Waals surface area contributed by atoms with Gasteiger partial charge in [0.1, 0.15) is 19.0 Å². The number of carbonyl (C=O) groups excluding carboxylic acids is 1. The van der Waals surface area contributed by atoms with Crippen LogP contribution in [0.15, 0.2) is 36.7 Å². The van der Waals surface area contributed by atoms with Gasteiger partial charge in [0.2, 0.25) is 5.91 Å². The first kappa shape index (κ1) is 12.7. The fraction of sp³-hybridized carbons (Fsp3) is 0.385. The van der Waals surface area contributed by atoms with Crippen LogP contribution in [0, 0.1) is 0 Å². The van der Waals surface area contributed by atoms with Crippen molar-refractivity contribution in [3.05, 3.63) is 42.2 Å². The summed E-state index contributed by atoms with van der Waals surface area (Å²) in [7, 11) is 0. The normalized spacial score (nSPS) is 19.0. The molecule has 20 heavy (non-hydrogen) atoms. The Bertz CT molecular complexity index is 557. The molecule has 1 unspecified atom stereocenters. The summed E-state index contributed by atoms with van der Waals surface area (Å²) in [5, 5.41) is 10.7. The van der Waals surface area contributed by atoms with Crippen LogP contribution >= 0.6 is 0 Å². The summed E-state index contributed by atoms with van der Waals surface area (Å²) in [6, 6.07) is 9.94. The molecule has 1 aliphatic heterocycles. The van der Waals surface area contributed by atoms with Gasteiger partial charge < -0.3 is 9.64 Å². The van der Waals surface area contributed by atoms with Crippen molar-refractivity contribution in [2.24, 2.45) is 0 Å². The zero-order valence-corrected chi connectivity index (χ0v) is 10.9. The number of benzene rings is 1. The van der Waals surface area contributed by atoms with Gasteiger partial charge in [0.25, 0.3) is 0 Å². The molecule has 1 fully saturated rings. The van der Waals surface area contributed by atoms with Crippen LogP contribution in [0.5, 0.6) is 0 Å². The second kappa shape index (κ2) is 5.79. The predicted octanol–water partition coefficient (Wildman–Crippen LogP) is 0.273. The molecule has 1 amide bonds. The summed E-state index contributed by atoms with van der Waals surface area (Å²) in [4.78, 5) is 14.0. The van der Waals surface area contributed by atoms with Crippen LogP contribution in [0.25, 0.3) is 0 Å². The van der Waals surface area contributed by atoms with Crippen LogP contribution in [-0.4, -0.2) is 50.7 Å². The molecule has 1 saturated heterocycles. The summed E-state index contributed by atoms with van der Waals surface area (Å²) >= 11 is 0. The lowest BCUT2D eigenvalue weighted by Gasteiger charge is -2.33. The van der Waals surface area contributed by atoms with Crippen molar-refractivity contribution in [2.45, 2.75) is 12.6 Å². The van der Waals surface area contributed by atoms with Crippen molar-refractivity contribution >= 4 is 5.91 Å². The maximum Gasteiger partial charge on any atom is 0.244 e. The Morgan fingerprint density at radius 3 is 2.95 bits per heavy atom. The third-order valence-corrected chi connectivity index (χ3v) is 3.28. The lowest BCUT2D eigenvalue weighted by molar-refractivity contribution is -0.139. The number of amides is 1. The molecular weight excluding hydrogens is 258 g/mol. The van der Waals surface area contributed by atoms with Crippen LogP contribution in [0.3, 0.4) is 0 Å². The molecule has 7 heteroatoms. The maximum absolute atomic E-state index is 12.2. The number of aromatic nitrogens is 4. The van der Waals surface area contributed by atoms with E-state index in [9.17, 15) is 4.79 Å². The summed E-state index contributed by atoms with van der Waals surface area (Å²) in [5.41, 5.74) is 1.09. The van der Waals surface area contributed by atoms with E-state index in [2.05, 4.69) is 15.5 Å². The van der Waals surface area contributed by atoms with E-state index < -0.39 is 0 Å². The van der Waals surface area contributed by atoms with Crippen LogP contribution in [0.1, 0.15) is 11.7 Å². The van der Waals surface area contributed by atoms with E-state index in [1.54, 1.807) is 4.90 Å². The van der Waals surface area contributed by atoms with Crippen molar-refractivity contribution in [3.63, 3.8) is 0 Å². The Balaban J connectivity index is 1.64. The smallest absolute Gasteiger partial charge is 0.244 e. The third-order valence-electron chi connectivity index (χ3n) is 3.28. The summed E-state index contributed by atoms with van der Waals surface area (Å²) < 4.78 is 7.16. The number of carbonyl (C=O) groups is 1. The molecule has 0 spiro atoms. The first-order chi connectivity index (χ1) is 9.83. The molecule has 1 atom stereocenters. The molecular formula is C13H15N5O2. The minimum atomic E-state index is -0.0669. The number of hydrogen-bond acceptors (Lipinski definition) is 5. The number of nitrogens with zero attached hydrogens (tertiary/aromatic N) is 5. The lowest BCUT2D eigenvalue weighted by atomic mass is 10.1. The van der Waals surface area contributed by atoms with Crippen molar-refractivity contribution < 1.29 is 9.53 Å². The molecule has 0 aliphatic carbocycles. The highest BCUT2D eigenvalue weighted by atomic mass is 16.5. The third kappa shape index (κ3) is 2.83. The Labute approximate surface area is 116 Å². The zero-order valence-electron chi connectivity index (χ0n) is 10.9. The molecule has 1 aliphatic rings. The number of tetrazole rings is 1. The van der Waals surface area contributed by atoms with Gasteiger partial charge in [0.05, 0.1) is 13.2 Å². The van der Waals surface area contributed by atoms with E-state index in [-0.39, 0.29) is 18.6 Å². The van der Waals surface area contributed by atoms with Gasteiger partial charge >= 0.3 is 0 Å². The van der Waals surface area contributed by atoms with Crippen molar-refractivity contribution in [1.29, 1.82) is 0 Å². The van der Waals surface area contributed by atoms with Gasteiger partial charge in [0.15, 0.2) is 0 Å². The Hall–Kier alpha value is -2.28. The fourth-order valence-electron chi connectivity index (χ4n) is 2.24. The number of ether oxygens (including phenoxy) is 1. The molecule has 104 valence electrons. The molecule has 7 nitrogen and oxygen atoms in total. The average Bonchev–Trinajstić information content (AvgIpc) is 3.01. The second-order valence-electron chi connectivity index (χ2n) is 4.62. The molecule has 3 rings (SSSR count). The molecule has 0 radical (unpaired) electrons. The average molecular weight is 273 g/mol. The first-order valence-corrected chi connectivity index (χ1v) is 6.48. The minimum Gasteiger partial charge on any atom is -0.370 e.